The lowest BCUT2D eigenvalue weighted by Gasteiger charge is -2.26. The molecule has 0 radical (unpaired) electrons. The number of carboxylic acids is 1. The average molecular weight is 214 g/mol. The van der Waals surface area contributed by atoms with Crippen molar-refractivity contribution >= 4 is 29.2 Å². The molecule has 14 heavy (non-hydrogen) atoms. The maximum Gasteiger partial charge on any atom is 0.311 e. The summed E-state index contributed by atoms with van der Waals surface area (Å²) in [5.41, 5.74) is 4.45. The summed E-state index contributed by atoms with van der Waals surface area (Å²) in [6.07, 6.45) is 1.94. The van der Waals surface area contributed by atoms with Crippen LogP contribution in [0.25, 0.3) is 0 Å². The zero-order valence-corrected chi connectivity index (χ0v) is 8.21. The predicted octanol–water partition coefficient (Wildman–Crippen LogP) is 0.282. The summed E-state index contributed by atoms with van der Waals surface area (Å²) in [6, 6.07) is -0.0110. The van der Waals surface area contributed by atoms with Gasteiger partial charge in [0.15, 0.2) is 10.6 Å². The molecule has 2 atom stereocenters. The van der Waals surface area contributed by atoms with Crippen LogP contribution in [0.3, 0.4) is 0 Å². The molecule has 1 fully saturated rings. The number of hydrogen-bond donors (Lipinski definition) is 2. The lowest BCUT2D eigenvalue weighted by molar-refractivity contribution is -0.145. The summed E-state index contributed by atoms with van der Waals surface area (Å²) < 4.78 is 5.30. The average Bonchev–Trinajstić information content (AvgIpc) is 2.59. The molecule has 0 amide bonds. The third-order valence-electron chi connectivity index (χ3n) is 2.76. The Hall–Kier alpha value is -1.17. The number of thiocarbonyl (C=S) groups is 1. The molecule has 2 aliphatic rings. The minimum atomic E-state index is -0.939. The van der Waals surface area contributed by atoms with E-state index in [1.165, 1.54) is 0 Å². The zero-order chi connectivity index (χ0) is 10.3. The van der Waals surface area contributed by atoms with Crippen molar-refractivity contribution in [3.63, 3.8) is 0 Å². The Labute approximate surface area is 85.9 Å². The van der Waals surface area contributed by atoms with Crippen LogP contribution in [0.1, 0.15) is 19.3 Å². The van der Waals surface area contributed by atoms with Crippen LogP contribution < -0.4 is 5.73 Å². The Morgan fingerprint density at radius 1 is 1.79 bits per heavy atom. The Balaban J connectivity index is 2.33. The molecule has 3 N–H and O–H groups in total. The monoisotopic (exact) mass is 214 g/mol. The minimum Gasteiger partial charge on any atom is -0.481 e. The van der Waals surface area contributed by atoms with Crippen molar-refractivity contribution in [2.75, 3.05) is 0 Å². The van der Waals surface area contributed by atoms with Gasteiger partial charge in [-0.15, -0.1) is 0 Å². The Morgan fingerprint density at radius 2 is 2.50 bits per heavy atom. The number of carboxylic acid groups (broad SMARTS) is 1. The Bertz CT molecular complexity index is 341. The maximum atomic E-state index is 11.0. The van der Waals surface area contributed by atoms with Gasteiger partial charge in [0.2, 0.25) is 0 Å². The molecule has 2 rings (SSSR count). The van der Waals surface area contributed by atoms with Crippen molar-refractivity contribution in [3.05, 3.63) is 0 Å². The van der Waals surface area contributed by atoms with E-state index < -0.39 is 17.5 Å². The molecule has 0 aromatic carbocycles. The van der Waals surface area contributed by atoms with E-state index in [9.17, 15) is 4.79 Å². The van der Waals surface area contributed by atoms with Gasteiger partial charge >= 0.3 is 5.97 Å². The van der Waals surface area contributed by atoms with E-state index >= 15 is 0 Å². The van der Waals surface area contributed by atoms with Crippen LogP contribution in [0.4, 0.5) is 0 Å². The molecule has 1 saturated carbocycles. The van der Waals surface area contributed by atoms with Crippen LogP contribution in [0.15, 0.2) is 4.99 Å². The van der Waals surface area contributed by atoms with Gasteiger partial charge < -0.3 is 15.6 Å². The molecule has 1 aliphatic heterocycles. The molecule has 0 aromatic rings. The molecule has 76 valence electrons. The summed E-state index contributed by atoms with van der Waals surface area (Å²) in [5, 5.41) is 9.01. The summed E-state index contributed by atoms with van der Waals surface area (Å²) >= 11 is 5.01. The normalized spacial score (nSPS) is 35.9. The van der Waals surface area contributed by atoms with Gasteiger partial charge in [-0.05, 0) is 19.3 Å². The van der Waals surface area contributed by atoms with Gasteiger partial charge in [0.25, 0.3) is 6.02 Å². The number of aliphatic carboxylic acids is 1. The van der Waals surface area contributed by atoms with Gasteiger partial charge in [0.05, 0.1) is 0 Å². The molecule has 0 aromatic heterocycles. The quantitative estimate of drug-likeness (QED) is 0.612. The molecule has 6 heteroatoms. The predicted molar refractivity (Wildman–Crippen MR) is 53.0 cm³/mol. The molecule has 5 nitrogen and oxygen atoms in total. The van der Waals surface area contributed by atoms with E-state index in [-0.39, 0.29) is 11.0 Å². The number of hydrogen-bond acceptors (Lipinski definition) is 4. The van der Waals surface area contributed by atoms with Gasteiger partial charge in [-0.1, -0.05) is 12.2 Å². The third-order valence-corrected chi connectivity index (χ3v) is 3.20. The molecular weight excluding hydrogens is 204 g/mol. The number of aliphatic imine (C=N–C) groups is 1. The first-order chi connectivity index (χ1) is 6.56. The SMILES string of the molecule is NC1=NC(=S)C2(CCCC2C(=O)O)O1. The molecule has 1 aliphatic carbocycles. The van der Waals surface area contributed by atoms with Crippen molar-refractivity contribution in [2.45, 2.75) is 24.9 Å². The van der Waals surface area contributed by atoms with Crippen LogP contribution in [0, 0.1) is 5.92 Å². The van der Waals surface area contributed by atoms with Gasteiger partial charge in [0.1, 0.15) is 5.92 Å². The molecule has 1 spiro atoms. The highest BCUT2D eigenvalue weighted by atomic mass is 32.1. The van der Waals surface area contributed by atoms with Crippen LogP contribution >= 0.6 is 12.2 Å². The number of amidine groups is 1. The molecule has 0 saturated heterocycles. The number of carbonyl (C=O) groups is 1. The fourth-order valence-electron chi connectivity index (χ4n) is 2.13. The summed E-state index contributed by atoms with van der Waals surface area (Å²) in [7, 11) is 0. The van der Waals surface area contributed by atoms with E-state index in [0.717, 1.165) is 6.42 Å². The fraction of sp³-hybridized carbons (Fsp3) is 0.625. The van der Waals surface area contributed by atoms with E-state index in [1.807, 2.05) is 0 Å². The van der Waals surface area contributed by atoms with E-state index in [0.29, 0.717) is 12.8 Å². The lowest BCUT2D eigenvalue weighted by atomic mass is 9.91. The van der Waals surface area contributed by atoms with Crippen molar-refractivity contribution in [1.82, 2.24) is 0 Å². The largest absolute Gasteiger partial charge is 0.481 e. The lowest BCUT2D eigenvalue weighted by Crippen LogP contribution is -2.44. The maximum absolute atomic E-state index is 11.0. The van der Waals surface area contributed by atoms with E-state index in [4.69, 9.17) is 27.8 Å². The summed E-state index contributed by atoms with van der Waals surface area (Å²) in [4.78, 5) is 15.1. The Kier molecular flexibility index (Phi) is 1.95. The van der Waals surface area contributed by atoms with Crippen molar-refractivity contribution in [1.29, 1.82) is 0 Å². The highest BCUT2D eigenvalue weighted by molar-refractivity contribution is 7.80. The van der Waals surface area contributed by atoms with Crippen molar-refractivity contribution in [2.24, 2.45) is 16.6 Å². The second-order valence-electron chi connectivity index (χ2n) is 3.53. The van der Waals surface area contributed by atoms with Crippen molar-refractivity contribution < 1.29 is 14.6 Å². The summed E-state index contributed by atoms with van der Waals surface area (Å²) in [6.45, 7) is 0. The standard InChI is InChI=1S/C8H10N2O3S/c9-7-10-6(14)8(13-7)3-1-2-4(8)5(11)12/h4H,1-3H2,(H,11,12)(H2,9,10,14). The number of rotatable bonds is 1. The van der Waals surface area contributed by atoms with Crippen LogP contribution in [0.2, 0.25) is 0 Å². The number of ether oxygens (including phenoxy) is 1. The van der Waals surface area contributed by atoms with Gasteiger partial charge in [-0.3, -0.25) is 4.79 Å². The van der Waals surface area contributed by atoms with E-state index in [2.05, 4.69) is 4.99 Å². The topological polar surface area (TPSA) is 84.9 Å². The highest BCUT2D eigenvalue weighted by Crippen LogP contribution is 2.42. The second-order valence-corrected chi connectivity index (χ2v) is 3.92. The number of nitrogens with two attached hydrogens (primary N) is 1. The summed E-state index contributed by atoms with van der Waals surface area (Å²) in [5.74, 6) is -1.51. The Morgan fingerprint density at radius 3 is 3.00 bits per heavy atom. The van der Waals surface area contributed by atoms with Crippen molar-refractivity contribution in [3.8, 4) is 0 Å². The van der Waals surface area contributed by atoms with E-state index in [1.54, 1.807) is 0 Å². The fourth-order valence-corrected chi connectivity index (χ4v) is 2.50. The van der Waals surface area contributed by atoms with Gasteiger partial charge in [-0.2, -0.15) is 4.99 Å². The third kappa shape index (κ3) is 1.10. The molecule has 2 unspecified atom stereocenters. The molecule has 1 heterocycles. The van der Waals surface area contributed by atoms with Gasteiger partial charge in [-0.25, -0.2) is 0 Å². The van der Waals surface area contributed by atoms with Gasteiger partial charge in [0, 0.05) is 0 Å². The molecular formula is C8H10N2O3S. The first kappa shape index (κ1) is 9.39. The first-order valence-electron chi connectivity index (χ1n) is 4.37. The second kappa shape index (κ2) is 2.91. The van der Waals surface area contributed by atoms with Crippen LogP contribution in [-0.2, 0) is 9.53 Å². The molecule has 0 bridgehead atoms. The smallest absolute Gasteiger partial charge is 0.311 e. The number of nitrogens with zero attached hydrogens (tertiary/aromatic N) is 1. The minimum absolute atomic E-state index is 0.0110. The first-order valence-corrected chi connectivity index (χ1v) is 4.77. The van der Waals surface area contributed by atoms with Crippen LogP contribution in [-0.4, -0.2) is 27.7 Å². The highest BCUT2D eigenvalue weighted by Gasteiger charge is 2.55. The zero-order valence-electron chi connectivity index (χ0n) is 7.40. The van der Waals surface area contributed by atoms with Crippen LogP contribution in [0.5, 0.6) is 0 Å².